The van der Waals surface area contributed by atoms with E-state index in [1.54, 1.807) is 24.3 Å². The molecule has 30 heavy (non-hydrogen) atoms. The minimum absolute atomic E-state index is 0.112. The second-order valence-corrected chi connectivity index (χ2v) is 7.40. The van der Waals surface area contributed by atoms with Gasteiger partial charge in [-0.2, -0.15) is 0 Å². The molecule has 2 aromatic rings. The summed E-state index contributed by atoms with van der Waals surface area (Å²) in [5.41, 5.74) is 1.34. The first-order chi connectivity index (χ1) is 14.6. The van der Waals surface area contributed by atoms with Crippen molar-refractivity contribution in [2.75, 3.05) is 36.9 Å². The van der Waals surface area contributed by atoms with Crippen LogP contribution >= 0.6 is 0 Å². The van der Waals surface area contributed by atoms with Gasteiger partial charge in [-0.1, -0.05) is 31.2 Å². The van der Waals surface area contributed by atoms with Crippen LogP contribution in [0.25, 0.3) is 0 Å². The molecular formula is C23H30N4O3. The molecule has 1 atom stereocenters. The smallest absolute Gasteiger partial charge is 0.319 e. The van der Waals surface area contributed by atoms with Gasteiger partial charge >= 0.3 is 6.03 Å². The lowest BCUT2D eigenvalue weighted by atomic mass is 10.2. The Hall–Kier alpha value is -3.06. The Kier molecular flexibility index (Phi) is 8.09. The van der Waals surface area contributed by atoms with Crippen LogP contribution in [0.15, 0.2) is 54.6 Å². The summed E-state index contributed by atoms with van der Waals surface area (Å²) in [4.78, 5) is 26.7. The molecule has 7 nitrogen and oxygen atoms in total. The first kappa shape index (κ1) is 21.6. The molecule has 0 radical (unpaired) electrons. The highest BCUT2D eigenvalue weighted by atomic mass is 16.5. The maximum absolute atomic E-state index is 12.3. The lowest BCUT2D eigenvalue weighted by Gasteiger charge is -2.24. The molecule has 1 aliphatic rings. The molecule has 1 saturated heterocycles. The molecule has 3 rings (SSSR count). The summed E-state index contributed by atoms with van der Waals surface area (Å²) in [5.74, 6) is 0.270. The molecule has 160 valence electrons. The van der Waals surface area contributed by atoms with Gasteiger partial charge in [-0.05, 0) is 56.6 Å². The van der Waals surface area contributed by atoms with E-state index in [0.29, 0.717) is 24.0 Å². The van der Waals surface area contributed by atoms with E-state index in [1.165, 1.54) is 6.42 Å². The SMILES string of the molecule is CCCN1CCC[C@H]1CNC(=O)Nc1cccc(OCC(=O)Nc2ccccc2)c1. The monoisotopic (exact) mass is 410 g/mol. The van der Waals surface area contributed by atoms with E-state index in [-0.39, 0.29) is 18.5 Å². The third kappa shape index (κ3) is 6.77. The highest BCUT2D eigenvalue weighted by Crippen LogP contribution is 2.18. The van der Waals surface area contributed by atoms with Gasteiger partial charge in [0.1, 0.15) is 5.75 Å². The Labute approximate surface area is 177 Å². The highest BCUT2D eigenvalue weighted by Gasteiger charge is 2.23. The first-order valence-electron chi connectivity index (χ1n) is 10.5. The largest absolute Gasteiger partial charge is 0.484 e. The van der Waals surface area contributed by atoms with Gasteiger partial charge in [0.05, 0.1) is 0 Å². The first-order valence-corrected chi connectivity index (χ1v) is 10.5. The minimum Gasteiger partial charge on any atom is -0.484 e. The molecule has 1 aliphatic heterocycles. The molecule has 2 aromatic carbocycles. The molecule has 0 bridgehead atoms. The van der Waals surface area contributed by atoms with E-state index < -0.39 is 0 Å². The maximum atomic E-state index is 12.3. The summed E-state index contributed by atoms with van der Waals surface area (Å²) in [5, 5.41) is 8.56. The second kappa shape index (κ2) is 11.2. The molecule has 7 heteroatoms. The fourth-order valence-corrected chi connectivity index (χ4v) is 3.62. The number of hydrogen-bond acceptors (Lipinski definition) is 4. The number of nitrogens with zero attached hydrogens (tertiary/aromatic N) is 1. The summed E-state index contributed by atoms with van der Waals surface area (Å²) < 4.78 is 5.55. The molecule has 3 amide bonds. The molecule has 0 spiro atoms. The van der Waals surface area contributed by atoms with Crippen LogP contribution in [0.5, 0.6) is 5.75 Å². The van der Waals surface area contributed by atoms with E-state index in [4.69, 9.17) is 4.74 Å². The number of urea groups is 1. The molecule has 1 fully saturated rings. The Morgan fingerprint density at radius 3 is 2.67 bits per heavy atom. The number of likely N-dealkylation sites (tertiary alicyclic amines) is 1. The van der Waals surface area contributed by atoms with Gasteiger partial charge in [-0.3, -0.25) is 9.69 Å². The predicted molar refractivity (Wildman–Crippen MR) is 119 cm³/mol. The summed E-state index contributed by atoms with van der Waals surface area (Å²) in [6.07, 6.45) is 3.43. The minimum atomic E-state index is -0.245. The summed E-state index contributed by atoms with van der Waals surface area (Å²) in [7, 11) is 0. The Morgan fingerprint density at radius 1 is 1.07 bits per heavy atom. The average molecular weight is 411 g/mol. The highest BCUT2D eigenvalue weighted by molar-refractivity contribution is 5.92. The number of amides is 3. The summed E-state index contributed by atoms with van der Waals surface area (Å²) in [6, 6.07) is 16.4. The number of carbonyl (C=O) groups excluding carboxylic acids is 2. The molecule has 3 N–H and O–H groups in total. The van der Waals surface area contributed by atoms with E-state index >= 15 is 0 Å². The van der Waals surface area contributed by atoms with Gasteiger partial charge < -0.3 is 20.7 Å². The average Bonchev–Trinajstić information content (AvgIpc) is 3.19. The number of anilines is 2. The van der Waals surface area contributed by atoms with Crippen molar-refractivity contribution >= 4 is 23.3 Å². The number of para-hydroxylation sites is 1. The molecular weight excluding hydrogens is 380 g/mol. The van der Waals surface area contributed by atoms with Crippen molar-refractivity contribution in [3.8, 4) is 5.75 Å². The van der Waals surface area contributed by atoms with E-state index in [0.717, 1.165) is 31.6 Å². The number of carbonyl (C=O) groups is 2. The maximum Gasteiger partial charge on any atom is 0.319 e. The standard InChI is InChI=1S/C23H30N4O3/c1-2-13-27-14-7-11-20(27)16-24-23(29)26-19-10-6-12-21(15-19)30-17-22(28)25-18-8-4-3-5-9-18/h3-6,8-10,12,15,20H,2,7,11,13-14,16-17H2,1H3,(H,25,28)(H2,24,26,29)/t20-/m0/s1. The molecule has 0 aromatic heterocycles. The third-order valence-electron chi connectivity index (χ3n) is 5.03. The molecule has 0 saturated carbocycles. The van der Waals surface area contributed by atoms with Crippen LogP contribution < -0.4 is 20.7 Å². The van der Waals surface area contributed by atoms with Crippen LogP contribution in [0.3, 0.4) is 0 Å². The fraction of sp³-hybridized carbons (Fsp3) is 0.391. The van der Waals surface area contributed by atoms with Gasteiger partial charge in [0.2, 0.25) is 0 Å². The quantitative estimate of drug-likeness (QED) is 0.589. The zero-order valence-corrected chi connectivity index (χ0v) is 17.4. The summed E-state index contributed by atoms with van der Waals surface area (Å²) >= 11 is 0. The Morgan fingerprint density at radius 2 is 1.87 bits per heavy atom. The number of ether oxygens (including phenoxy) is 1. The number of rotatable bonds is 9. The van der Waals surface area contributed by atoms with Gasteiger partial charge in [-0.25, -0.2) is 4.79 Å². The fourth-order valence-electron chi connectivity index (χ4n) is 3.62. The Balaban J connectivity index is 1.43. The van der Waals surface area contributed by atoms with Crippen molar-refractivity contribution in [1.82, 2.24) is 10.2 Å². The van der Waals surface area contributed by atoms with Gasteiger partial charge in [0.15, 0.2) is 6.61 Å². The van der Waals surface area contributed by atoms with Gasteiger partial charge in [0, 0.05) is 30.0 Å². The van der Waals surface area contributed by atoms with Crippen molar-refractivity contribution in [1.29, 1.82) is 0 Å². The van der Waals surface area contributed by atoms with E-state index in [9.17, 15) is 9.59 Å². The van der Waals surface area contributed by atoms with Crippen molar-refractivity contribution < 1.29 is 14.3 Å². The van der Waals surface area contributed by atoms with E-state index in [2.05, 4.69) is 27.8 Å². The van der Waals surface area contributed by atoms with Crippen molar-refractivity contribution in [2.24, 2.45) is 0 Å². The number of hydrogen-bond donors (Lipinski definition) is 3. The second-order valence-electron chi connectivity index (χ2n) is 7.40. The van der Waals surface area contributed by atoms with Crippen LogP contribution in [-0.4, -0.2) is 49.1 Å². The number of nitrogens with one attached hydrogen (secondary N) is 3. The van der Waals surface area contributed by atoms with Crippen molar-refractivity contribution in [3.05, 3.63) is 54.6 Å². The lowest BCUT2D eigenvalue weighted by molar-refractivity contribution is -0.118. The number of benzene rings is 2. The Bertz CT molecular complexity index is 828. The van der Waals surface area contributed by atoms with Crippen LogP contribution in [0, 0.1) is 0 Å². The van der Waals surface area contributed by atoms with Gasteiger partial charge in [0.25, 0.3) is 5.91 Å². The van der Waals surface area contributed by atoms with Crippen LogP contribution in [0.4, 0.5) is 16.2 Å². The summed E-state index contributed by atoms with van der Waals surface area (Å²) in [6.45, 7) is 4.89. The van der Waals surface area contributed by atoms with Crippen LogP contribution in [0.1, 0.15) is 26.2 Å². The van der Waals surface area contributed by atoms with Crippen molar-refractivity contribution in [3.63, 3.8) is 0 Å². The van der Waals surface area contributed by atoms with Crippen LogP contribution in [-0.2, 0) is 4.79 Å². The van der Waals surface area contributed by atoms with E-state index in [1.807, 2.05) is 30.3 Å². The molecule has 1 heterocycles. The topological polar surface area (TPSA) is 82.7 Å². The zero-order valence-electron chi connectivity index (χ0n) is 17.4. The van der Waals surface area contributed by atoms with Crippen LogP contribution in [0.2, 0.25) is 0 Å². The molecule has 0 aliphatic carbocycles. The lowest BCUT2D eigenvalue weighted by Crippen LogP contribution is -2.41. The van der Waals surface area contributed by atoms with Crippen molar-refractivity contribution in [2.45, 2.75) is 32.2 Å². The molecule has 0 unspecified atom stereocenters. The van der Waals surface area contributed by atoms with Gasteiger partial charge in [-0.15, -0.1) is 0 Å². The third-order valence-corrected chi connectivity index (χ3v) is 5.03. The zero-order chi connectivity index (χ0) is 21.2. The normalized spacial score (nSPS) is 16.1. The predicted octanol–water partition coefficient (Wildman–Crippen LogP) is 3.70.